The van der Waals surface area contributed by atoms with Gasteiger partial charge in [-0.2, -0.15) is 0 Å². The Balaban J connectivity index is 2.19. The highest BCUT2D eigenvalue weighted by atomic mass is 35.5. The van der Waals surface area contributed by atoms with Crippen molar-refractivity contribution in [1.82, 2.24) is 10.3 Å². The predicted molar refractivity (Wildman–Crippen MR) is 64.6 cm³/mol. The molecule has 5 heteroatoms. The van der Waals surface area contributed by atoms with Crippen LogP contribution >= 0.6 is 35.2 Å². The van der Waals surface area contributed by atoms with Crippen LogP contribution < -0.4 is 5.32 Å². The smallest absolute Gasteiger partial charge is 0.158 e. The molecule has 2 N–H and O–H groups in total. The molecule has 76 valence electrons. The number of hydrogen-bond acceptors (Lipinski definition) is 3. The number of alkyl halides is 1. The number of nitrogens with one attached hydrogen (secondary N) is 2. The minimum atomic E-state index is 0.388. The maximum Gasteiger partial charge on any atom is 0.158 e. The van der Waals surface area contributed by atoms with Crippen molar-refractivity contribution >= 4 is 40.7 Å². The van der Waals surface area contributed by atoms with Gasteiger partial charge in [0.2, 0.25) is 0 Å². The third-order valence-electron chi connectivity index (χ3n) is 2.27. The Morgan fingerprint density at radius 2 is 2.50 bits per heavy atom. The van der Waals surface area contributed by atoms with E-state index in [9.17, 15) is 0 Å². The van der Waals surface area contributed by atoms with Crippen LogP contribution in [0.3, 0.4) is 0 Å². The summed E-state index contributed by atoms with van der Waals surface area (Å²) in [6.07, 6.45) is 3.17. The summed E-state index contributed by atoms with van der Waals surface area (Å²) in [5.74, 6) is 0.655. The van der Waals surface area contributed by atoms with Gasteiger partial charge in [0, 0.05) is 23.8 Å². The minimum absolute atomic E-state index is 0.388. The van der Waals surface area contributed by atoms with Gasteiger partial charge in [-0.25, -0.2) is 0 Å². The Bertz CT molecular complexity index is 394. The molecule has 1 aliphatic heterocycles. The average molecular weight is 247 g/mol. The van der Waals surface area contributed by atoms with Crippen LogP contribution in [0.15, 0.2) is 11.5 Å². The normalized spacial score (nSPS) is 22.1. The van der Waals surface area contributed by atoms with Crippen molar-refractivity contribution in [2.24, 2.45) is 0 Å². The van der Waals surface area contributed by atoms with Crippen LogP contribution in [0.1, 0.15) is 12.1 Å². The van der Waals surface area contributed by atoms with E-state index in [1.807, 2.05) is 0 Å². The highest BCUT2D eigenvalue weighted by Crippen LogP contribution is 2.23. The van der Waals surface area contributed by atoms with E-state index in [1.165, 1.54) is 5.57 Å². The maximum atomic E-state index is 5.82. The third-order valence-corrected chi connectivity index (χ3v) is 3.71. The van der Waals surface area contributed by atoms with Gasteiger partial charge in [0.1, 0.15) is 0 Å². The summed E-state index contributed by atoms with van der Waals surface area (Å²) in [5, 5.41) is 5.40. The van der Waals surface area contributed by atoms with E-state index in [0.29, 0.717) is 11.9 Å². The number of aromatic nitrogens is 1. The molecule has 1 aromatic heterocycles. The predicted octanol–water partition coefficient (Wildman–Crippen LogP) is 2.79. The Kier molecular flexibility index (Phi) is 3.38. The van der Waals surface area contributed by atoms with Gasteiger partial charge in [-0.05, 0) is 24.2 Å². The molecule has 1 atom stereocenters. The second kappa shape index (κ2) is 4.57. The van der Waals surface area contributed by atoms with Gasteiger partial charge in [-0.1, -0.05) is 6.08 Å². The average Bonchev–Trinajstić information content (AvgIpc) is 2.65. The van der Waals surface area contributed by atoms with Crippen LogP contribution in [0, 0.1) is 3.95 Å². The van der Waals surface area contributed by atoms with Crippen LogP contribution in [-0.4, -0.2) is 23.5 Å². The van der Waals surface area contributed by atoms with Crippen LogP contribution in [0.25, 0.3) is 5.57 Å². The number of hydrogen-bond donors (Lipinski definition) is 2. The highest BCUT2D eigenvalue weighted by molar-refractivity contribution is 7.73. The molecule has 2 nitrogen and oxygen atoms in total. The lowest BCUT2D eigenvalue weighted by atomic mass is 10.0. The Labute approximate surface area is 97.0 Å². The van der Waals surface area contributed by atoms with Gasteiger partial charge in [0.15, 0.2) is 3.95 Å². The summed E-state index contributed by atoms with van der Waals surface area (Å²) in [4.78, 5) is 3.18. The number of thiazole rings is 1. The lowest BCUT2D eigenvalue weighted by Crippen LogP contribution is -2.34. The van der Waals surface area contributed by atoms with Gasteiger partial charge < -0.3 is 10.3 Å². The van der Waals surface area contributed by atoms with E-state index in [0.717, 1.165) is 22.6 Å². The third kappa shape index (κ3) is 2.25. The van der Waals surface area contributed by atoms with Crippen LogP contribution in [-0.2, 0) is 0 Å². The summed E-state index contributed by atoms with van der Waals surface area (Å²) < 4.78 is 0.835. The largest absolute Gasteiger partial charge is 0.337 e. The molecule has 0 spiro atoms. The lowest BCUT2D eigenvalue weighted by Gasteiger charge is -2.21. The van der Waals surface area contributed by atoms with Crippen molar-refractivity contribution < 1.29 is 0 Å². The first-order valence-corrected chi connectivity index (χ1v) is 6.28. The standard InChI is InChI=1S/C9H11ClN2S2/c10-4-7-3-6(1-2-11-7)8-5-14-9(13)12-8/h1,5,7,11H,2-4H2,(H,12,13). The van der Waals surface area contributed by atoms with E-state index >= 15 is 0 Å². The van der Waals surface area contributed by atoms with Gasteiger partial charge >= 0.3 is 0 Å². The highest BCUT2D eigenvalue weighted by Gasteiger charge is 2.15. The molecular formula is C9H11ClN2S2. The van der Waals surface area contributed by atoms with Gasteiger partial charge in [0.05, 0.1) is 5.69 Å². The summed E-state index contributed by atoms with van der Waals surface area (Å²) in [6, 6.07) is 0.388. The van der Waals surface area contributed by atoms with Crippen molar-refractivity contribution in [3.05, 3.63) is 21.1 Å². The van der Waals surface area contributed by atoms with Gasteiger partial charge in [0.25, 0.3) is 0 Å². The molecule has 0 saturated heterocycles. The Morgan fingerprint density at radius 3 is 3.14 bits per heavy atom. The lowest BCUT2D eigenvalue weighted by molar-refractivity contribution is 0.583. The Hall–Kier alpha value is -0.160. The zero-order valence-corrected chi connectivity index (χ0v) is 9.94. The monoisotopic (exact) mass is 246 g/mol. The molecule has 14 heavy (non-hydrogen) atoms. The molecule has 2 heterocycles. The fourth-order valence-electron chi connectivity index (χ4n) is 1.54. The van der Waals surface area contributed by atoms with Crippen molar-refractivity contribution in [2.75, 3.05) is 12.4 Å². The van der Waals surface area contributed by atoms with E-state index < -0.39 is 0 Å². The Morgan fingerprint density at radius 1 is 1.64 bits per heavy atom. The zero-order chi connectivity index (χ0) is 9.97. The van der Waals surface area contributed by atoms with Crippen LogP contribution in [0.5, 0.6) is 0 Å². The minimum Gasteiger partial charge on any atom is -0.337 e. The molecule has 1 aliphatic rings. The van der Waals surface area contributed by atoms with E-state index in [1.54, 1.807) is 11.3 Å². The van der Waals surface area contributed by atoms with E-state index in [-0.39, 0.29) is 0 Å². The molecule has 2 rings (SSSR count). The van der Waals surface area contributed by atoms with Gasteiger partial charge in [-0.3, -0.25) is 0 Å². The zero-order valence-electron chi connectivity index (χ0n) is 7.55. The molecular weight excluding hydrogens is 236 g/mol. The fraction of sp³-hybridized carbons (Fsp3) is 0.444. The molecule has 0 fully saturated rings. The first kappa shape index (κ1) is 10.4. The topological polar surface area (TPSA) is 27.8 Å². The second-order valence-electron chi connectivity index (χ2n) is 3.25. The van der Waals surface area contributed by atoms with E-state index in [2.05, 4.69) is 21.8 Å². The number of halogens is 1. The fourth-order valence-corrected chi connectivity index (χ4v) is 2.61. The van der Waals surface area contributed by atoms with Crippen LogP contribution in [0.4, 0.5) is 0 Å². The SMILES string of the molecule is S=c1[nH]c(C2=CCNC(CCl)C2)cs1. The van der Waals surface area contributed by atoms with Crippen LogP contribution in [0.2, 0.25) is 0 Å². The molecule has 0 amide bonds. The molecule has 1 aromatic rings. The molecule has 1 unspecified atom stereocenters. The molecule has 0 radical (unpaired) electrons. The van der Waals surface area contributed by atoms with Crippen molar-refractivity contribution in [3.8, 4) is 0 Å². The van der Waals surface area contributed by atoms with Crippen molar-refractivity contribution in [1.29, 1.82) is 0 Å². The number of H-pyrrole nitrogens is 1. The van der Waals surface area contributed by atoms with E-state index in [4.69, 9.17) is 23.8 Å². The van der Waals surface area contributed by atoms with Crippen molar-refractivity contribution in [2.45, 2.75) is 12.5 Å². The van der Waals surface area contributed by atoms with Gasteiger partial charge in [-0.15, -0.1) is 22.9 Å². The molecule has 0 aliphatic carbocycles. The quantitative estimate of drug-likeness (QED) is 0.621. The number of rotatable bonds is 2. The second-order valence-corrected chi connectivity index (χ2v) is 5.11. The molecule has 0 saturated carbocycles. The molecule has 0 bridgehead atoms. The van der Waals surface area contributed by atoms with Crippen molar-refractivity contribution in [3.63, 3.8) is 0 Å². The summed E-state index contributed by atoms with van der Waals surface area (Å²) in [5.41, 5.74) is 2.47. The number of aromatic amines is 1. The molecule has 0 aromatic carbocycles. The summed E-state index contributed by atoms with van der Waals surface area (Å²) in [7, 11) is 0. The first-order chi connectivity index (χ1) is 6.79. The first-order valence-electron chi connectivity index (χ1n) is 4.46. The maximum absolute atomic E-state index is 5.82. The summed E-state index contributed by atoms with van der Waals surface area (Å²) >= 11 is 12.4. The summed E-state index contributed by atoms with van der Waals surface area (Å²) in [6.45, 7) is 0.892.